The van der Waals surface area contributed by atoms with Crippen LogP contribution in [0, 0.1) is 5.82 Å². The summed E-state index contributed by atoms with van der Waals surface area (Å²) in [6.07, 6.45) is 0.281. The van der Waals surface area contributed by atoms with Crippen molar-refractivity contribution in [2.24, 2.45) is 0 Å². The topological polar surface area (TPSA) is 53.2 Å². The normalized spacial score (nSPS) is 23.6. The molecule has 3 N–H and O–H groups in total. The maximum atomic E-state index is 12.7. The molecule has 1 aromatic rings. The molecule has 2 rings (SSSR count). The molecule has 92 valence electrons. The average molecular weight is 237 g/mol. The number of hydrogen-bond donors (Lipinski definition) is 3. The molecule has 0 aromatic heterocycles. The van der Waals surface area contributed by atoms with Gasteiger partial charge in [-0.05, 0) is 24.6 Å². The predicted octanol–water partition coefficient (Wildman–Crippen LogP) is 0.349. The zero-order valence-electron chi connectivity index (χ0n) is 9.66. The molecule has 17 heavy (non-hydrogen) atoms. The Hall–Kier alpha value is -1.46. The molecule has 1 fully saturated rings. The van der Waals surface area contributed by atoms with Gasteiger partial charge in [0.05, 0.1) is 12.5 Å². The van der Waals surface area contributed by atoms with Gasteiger partial charge in [0.15, 0.2) is 0 Å². The molecule has 0 saturated carbocycles. The molecule has 0 radical (unpaired) electrons. The van der Waals surface area contributed by atoms with Crippen LogP contribution in [-0.4, -0.2) is 24.5 Å². The average Bonchev–Trinajstić information content (AvgIpc) is 2.68. The van der Waals surface area contributed by atoms with Gasteiger partial charge in [-0.1, -0.05) is 12.1 Å². The Morgan fingerprint density at radius 2 is 2.18 bits per heavy atom. The van der Waals surface area contributed by atoms with E-state index in [2.05, 4.69) is 16.2 Å². The third-order valence-electron chi connectivity index (χ3n) is 2.88. The van der Waals surface area contributed by atoms with Crippen LogP contribution in [0.5, 0.6) is 0 Å². The predicted molar refractivity (Wildman–Crippen MR) is 62.6 cm³/mol. The summed E-state index contributed by atoms with van der Waals surface area (Å²) in [7, 11) is 0. The fourth-order valence-electron chi connectivity index (χ4n) is 1.83. The minimum atomic E-state index is -0.285. The molecule has 0 spiro atoms. The first-order valence-electron chi connectivity index (χ1n) is 5.67. The van der Waals surface area contributed by atoms with Gasteiger partial charge in [0.2, 0.25) is 5.91 Å². The monoisotopic (exact) mass is 237 g/mol. The zero-order valence-corrected chi connectivity index (χ0v) is 9.66. The maximum absolute atomic E-state index is 12.7. The quantitative estimate of drug-likeness (QED) is 0.711. The second-order valence-electron chi connectivity index (χ2n) is 4.29. The van der Waals surface area contributed by atoms with Gasteiger partial charge in [-0.15, -0.1) is 0 Å². The lowest BCUT2D eigenvalue weighted by Gasteiger charge is -2.15. The molecule has 1 amide bonds. The van der Waals surface area contributed by atoms with Crippen molar-refractivity contribution in [2.75, 3.05) is 6.54 Å². The van der Waals surface area contributed by atoms with Crippen LogP contribution in [0.1, 0.15) is 12.5 Å². The van der Waals surface area contributed by atoms with Crippen LogP contribution in [0.25, 0.3) is 0 Å². The molecule has 1 aliphatic heterocycles. The Morgan fingerprint density at radius 3 is 2.76 bits per heavy atom. The van der Waals surface area contributed by atoms with Crippen LogP contribution in [0.2, 0.25) is 0 Å². The molecule has 1 saturated heterocycles. The van der Waals surface area contributed by atoms with Gasteiger partial charge >= 0.3 is 0 Å². The van der Waals surface area contributed by atoms with E-state index >= 15 is 0 Å². The molecule has 1 heterocycles. The van der Waals surface area contributed by atoms with E-state index in [1.807, 2.05) is 6.92 Å². The zero-order chi connectivity index (χ0) is 12.3. The van der Waals surface area contributed by atoms with Gasteiger partial charge in [0, 0.05) is 12.6 Å². The highest BCUT2D eigenvalue weighted by molar-refractivity contribution is 5.79. The summed E-state index contributed by atoms with van der Waals surface area (Å²) in [6.45, 7) is 2.72. The van der Waals surface area contributed by atoms with Crippen molar-refractivity contribution in [2.45, 2.75) is 25.4 Å². The number of amides is 1. The molecular formula is C12H16FN3O. The molecule has 2 unspecified atom stereocenters. The highest BCUT2D eigenvalue weighted by atomic mass is 19.1. The van der Waals surface area contributed by atoms with Gasteiger partial charge in [-0.2, -0.15) is 0 Å². The number of rotatable bonds is 3. The molecule has 0 aliphatic carbocycles. The van der Waals surface area contributed by atoms with E-state index in [0.29, 0.717) is 0 Å². The van der Waals surface area contributed by atoms with Gasteiger partial charge < -0.3 is 5.32 Å². The van der Waals surface area contributed by atoms with Crippen molar-refractivity contribution in [3.63, 3.8) is 0 Å². The van der Waals surface area contributed by atoms with Crippen molar-refractivity contribution < 1.29 is 9.18 Å². The fraction of sp³-hybridized carbons (Fsp3) is 0.417. The van der Waals surface area contributed by atoms with Crippen LogP contribution in [0.15, 0.2) is 24.3 Å². The number of halogens is 1. The highest BCUT2D eigenvalue weighted by Gasteiger charge is 2.23. The minimum Gasteiger partial charge on any atom is -0.350 e. The lowest BCUT2D eigenvalue weighted by Crippen LogP contribution is -2.43. The van der Waals surface area contributed by atoms with Crippen molar-refractivity contribution in [3.05, 3.63) is 35.6 Å². The lowest BCUT2D eigenvalue weighted by atomic mass is 10.1. The third-order valence-corrected chi connectivity index (χ3v) is 2.88. The Bertz CT molecular complexity index is 393. The van der Waals surface area contributed by atoms with E-state index in [0.717, 1.165) is 12.1 Å². The minimum absolute atomic E-state index is 0.0426. The molecule has 1 aliphatic rings. The van der Waals surface area contributed by atoms with E-state index < -0.39 is 0 Å². The van der Waals surface area contributed by atoms with Crippen molar-refractivity contribution >= 4 is 5.91 Å². The molecule has 1 aromatic carbocycles. The molecule has 4 nitrogen and oxygen atoms in total. The lowest BCUT2D eigenvalue weighted by molar-refractivity contribution is -0.121. The Morgan fingerprint density at radius 1 is 1.47 bits per heavy atom. The van der Waals surface area contributed by atoms with Crippen molar-refractivity contribution in [1.29, 1.82) is 0 Å². The SMILES string of the molecule is CC1NNCC1NC(=O)Cc1ccc(F)cc1. The van der Waals surface area contributed by atoms with E-state index in [-0.39, 0.29) is 30.2 Å². The summed E-state index contributed by atoms with van der Waals surface area (Å²) in [5.41, 5.74) is 6.83. The van der Waals surface area contributed by atoms with E-state index in [9.17, 15) is 9.18 Å². The number of carbonyl (C=O) groups is 1. The first-order valence-corrected chi connectivity index (χ1v) is 5.67. The largest absolute Gasteiger partial charge is 0.350 e. The summed E-state index contributed by atoms with van der Waals surface area (Å²) in [5.74, 6) is -0.328. The van der Waals surface area contributed by atoms with Crippen molar-refractivity contribution in [1.82, 2.24) is 16.2 Å². The summed E-state index contributed by atoms with van der Waals surface area (Å²) in [5, 5.41) is 2.93. The highest BCUT2D eigenvalue weighted by Crippen LogP contribution is 2.04. The van der Waals surface area contributed by atoms with Crippen LogP contribution >= 0.6 is 0 Å². The molecule has 0 bridgehead atoms. The summed E-state index contributed by atoms with van der Waals surface area (Å²) < 4.78 is 12.7. The Labute approximate surface area is 99.6 Å². The summed E-state index contributed by atoms with van der Waals surface area (Å²) in [4.78, 5) is 11.7. The second-order valence-corrected chi connectivity index (χ2v) is 4.29. The van der Waals surface area contributed by atoms with Crippen LogP contribution in [0.4, 0.5) is 4.39 Å². The van der Waals surface area contributed by atoms with E-state index in [1.165, 1.54) is 12.1 Å². The van der Waals surface area contributed by atoms with Gasteiger partial charge in [-0.3, -0.25) is 15.6 Å². The first-order chi connectivity index (χ1) is 8.15. The van der Waals surface area contributed by atoms with Gasteiger partial charge in [0.25, 0.3) is 0 Å². The second kappa shape index (κ2) is 5.25. The van der Waals surface area contributed by atoms with Gasteiger partial charge in [0.1, 0.15) is 5.82 Å². The number of hydrogen-bond acceptors (Lipinski definition) is 3. The smallest absolute Gasteiger partial charge is 0.224 e. The number of hydrazine groups is 1. The number of nitrogens with one attached hydrogen (secondary N) is 3. The standard InChI is InChI=1S/C12H16FN3O/c1-8-11(7-14-16-8)15-12(17)6-9-2-4-10(13)5-3-9/h2-5,8,11,14,16H,6-7H2,1H3,(H,15,17). The molecule has 2 atom stereocenters. The Balaban J connectivity index is 1.86. The van der Waals surface area contributed by atoms with Crippen molar-refractivity contribution in [3.8, 4) is 0 Å². The van der Waals surface area contributed by atoms with E-state index in [4.69, 9.17) is 0 Å². The Kier molecular flexibility index (Phi) is 3.71. The van der Waals surface area contributed by atoms with Crippen LogP contribution < -0.4 is 16.2 Å². The van der Waals surface area contributed by atoms with Crippen LogP contribution in [0.3, 0.4) is 0 Å². The number of benzene rings is 1. The number of carbonyl (C=O) groups excluding carboxylic acids is 1. The van der Waals surface area contributed by atoms with Crippen LogP contribution in [-0.2, 0) is 11.2 Å². The summed E-state index contributed by atoms with van der Waals surface area (Å²) >= 11 is 0. The fourth-order valence-corrected chi connectivity index (χ4v) is 1.83. The summed E-state index contributed by atoms with van der Waals surface area (Å²) in [6, 6.07) is 6.30. The van der Waals surface area contributed by atoms with E-state index in [1.54, 1.807) is 12.1 Å². The third kappa shape index (κ3) is 3.25. The first kappa shape index (κ1) is 12.0. The molecule has 5 heteroatoms. The van der Waals surface area contributed by atoms with Gasteiger partial charge in [-0.25, -0.2) is 4.39 Å². The molecular weight excluding hydrogens is 221 g/mol. The maximum Gasteiger partial charge on any atom is 0.224 e.